The van der Waals surface area contributed by atoms with E-state index in [0.29, 0.717) is 24.7 Å². The largest absolute Gasteiger partial charge is 0.486 e. The second kappa shape index (κ2) is 5.26. The number of aromatic carboxylic acids is 1. The molecule has 0 radical (unpaired) electrons. The zero-order valence-corrected chi connectivity index (χ0v) is 11.9. The van der Waals surface area contributed by atoms with E-state index in [0.717, 1.165) is 12.1 Å². The van der Waals surface area contributed by atoms with Crippen LogP contribution >= 0.6 is 0 Å². The molecule has 116 valence electrons. The molecular formula is C13H11NO7S. The number of carboxylic acid groups (broad SMARTS) is 1. The Kier molecular flexibility index (Phi) is 3.41. The first-order valence-electron chi connectivity index (χ1n) is 6.21. The van der Waals surface area contributed by atoms with E-state index in [1.807, 2.05) is 0 Å². The first-order chi connectivity index (χ1) is 10.5. The molecule has 0 aliphatic carbocycles. The number of hydrogen-bond acceptors (Lipinski definition) is 6. The smallest absolute Gasteiger partial charge is 0.371 e. The van der Waals surface area contributed by atoms with Gasteiger partial charge in [-0.2, -0.15) is 8.42 Å². The van der Waals surface area contributed by atoms with E-state index in [-0.39, 0.29) is 5.69 Å². The molecule has 1 aromatic carbocycles. The highest BCUT2D eigenvalue weighted by Gasteiger charge is 2.22. The van der Waals surface area contributed by atoms with Gasteiger partial charge in [-0.25, -0.2) is 4.79 Å². The number of carbonyl (C=O) groups is 1. The molecule has 2 N–H and O–H groups in total. The fourth-order valence-corrected chi connectivity index (χ4v) is 2.88. The van der Waals surface area contributed by atoms with Crippen LogP contribution in [0.5, 0.6) is 11.5 Å². The number of nitrogens with one attached hydrogen (secondary N) is 1. The van der Waals surface area contributed by atoms with Gasteiger partial charge in [-0.3, -0.25) is 4.72 Å². The zero-order chi connectivity index (χ0) is 15.7. The van der Waals surface area contributed by atoms with Crippen molar-refractivity contribution >= 4 is 21.7 Å². The molecule has 2 heterocycles. The van der Waals surface area contributed by atoms with E-state index < -0.39 is 26.8 Å². The summed E-state index contributed by atoms with van der Waals surface area (Å²) in [4.78, 5) is 10.7. The highest BCUT2D eigenvalue weighted by Crippen LogP contribution is 2.33. The minimum Gasteiger partial charge on any atom is -0.486 e. The van der Waals surface area contributed by atoms with Crippen LogP contribution in [0, 0.1) is 0 Å². The molecule has 2 aromatic rings. The Balaban J connectivity index is 1.86. The second-order valence-corrected chi connectivity index (χ2v) is 6.00. The maximum atomic E-state index is 12.1. The maximum absolute atomic E-state index is 12.1. The molecule has 22 heavy (non-hydrogen) atoms. The summed E-state index contributed by atoms with van der Waals surface area (Å²) in [5, 5.41) is 8.26. The lowest BCUT2D eigenvalue weighted by Gasteiger charge is -2.19. The number of hydrogen-bond donors (Lipinski definition) is 2. The van der Waals surface area contributed by atoms with E-state index in [4.69, 9.17) is 19.0 Å². The standard InChI is InChI=1S/C13H11NO7S/c15-13(16)10-3-4-12(21-10)22(17,18)14-8-1-2-9-11(7-8)20-6-5-19-9/h1-4,7,14H,5-6H2,(H,15,16). The minimum absolute atomic E-state index is 0.248. The summed E-state index contributed by atoms with van der Waals surface area (Å²) in [7, 11) is -4.03. The highest BCUT2D eigenvalue weighted by atomic mass is 32.2. The maximum Gasteiger partial charge on any atom is 0.371 e. The van der Waals surface area contributed by atoms with Crippen LogP contribution in [0.1, 0.15) is 10.6 Å². The van der Waals surface area contributed by atoms with Crippen molar-refractivity contribution in [1.82, 2.24) is 0 Å². The lowest BCUT2D eigenvalue weighted by Crippen LogP contribution is -2.16. The van der Waals surface area contributed by atoms with Gasteiger partial charge in [0.05, 0.1) is 5.69 Å². The average molecular weight is 325 g/mol. The first-order valence-corrected chi connectivity index (χ1v) is 7.70. The molecular weight excluding hydrogens is 314 g/mol. The van der Waals surface area contributed by atoms with Crippen LogP contribution in [0.25, 0.3) is 0 Å². The molecule has 0 fully saturated rings. The Hall–Kier alpha value is -2.68. The summed E-state index contributed by atoms with van der Waals surface area (Å²) in [5.41, 5.74) is 0.248. The summed E-state index contributed by atoms with van der Waals surface area (Å²) in [6, 6.07) is 6.71. The number of sulfonamides is 1. The molecule has 1 aliphatic rings. The normalized spacial score (nSPS) is 13.6. The third kappa shape index (κ3) is 2.70. The summed E-state index contributed by atoms with van der Waals surface area (Å²) >= 11 is 0. The molecule has 3 rings (SSSR count). The van der Waals surface area contributed by atoms with Gasteiger partial charge in [-0.05, 0) is 24.3 Å². The van der Waals surface area contributed by atoms with Gasteiger partial charge < -0.3 is 19.0 Å². The van der Waals surface area contributed by atoms with Crippen molar-refractivity contribution in [3.8, 4) is 11.5 Å². The van der Waals surface area contributed by atoms with Crippen LogP contribution in [-0.4, -0.2) is 32.7 Å². The van der Waals surface area contributed by atoms with Gasteiger partial charge in [0.25, 0.3) is 10.0 Å². The molecule has 0 saturated carbocycles. The molecule has 0 atom stereocenters. The number of furan rings is 1. The Morgan fingerprint density at radius 2 is 1.82 bits per heavy atom. The summed E-state index contributed by atoms with van der Waals surface area (Å²) < 4.78 is 42.0. The summed E-state index contributed by atoms with van der Waals surface area (Å²) in [5.74, 6) is -0.846. The van der Waals surface area contributed by atoms with Gasteiger partial charge in [0.2, 0.25) is 10.9 Å². The van der Waals surface area contributed by atoms with Crippen LogP contribution in [0.2, 0.25) is 0 Å². The fraction of sp³-hybridized carbons (Fsp3) is 0.154. The van der Waals surface area contributed by atoms with E-state index in [1.54, 1.807) is 6.07 Å². The predicted octanol–water partition coefficient (Wildman–Crippen LogP) is 1.55. The number of carboxylic acids is 1. The van der Waals surface area contributed by atoms with Crippen molar-refractivity contribution < 1.29 is 32.2 Å². The number of anilines is 1. The number of ether oxygens (including phenoxy) is 2. The zero-order valence-electron chi connectivity index (χ0n) is 11.1. The van der Waals surface area contributed by atoms with Gasteiger partial charge in [0, 0.05) is 6.07 Å². The quantitative estimate of drug-likeness (QED) is 0.876. The number of fused-ring (bicyclic) bond motifs is 1. The van der Waals surface area contributed by atoms with E-state index in [1.165, 1.54) is 12.1 Å². The molecule has 8 nitrogen and oxygen atoms in total. The monoisotopic (exact) mass is 325 g/mol. The van der Waals surface area contributed by atoms with Crippen molar-refractivity contribution in [2.75, 3.05) is 17.9 Å². The predicted molar refractivity (Wildman–Crippen MR) is 73.9 cm³/mol. The van der Waals surface area contributed by atoms with Crippen molar-refractivity contribution in [3.05, 3.63) is 36.1 Å². The summed E-state index contributed by atoms with van der Waals surface area (Å²) in [6.07, 6.45) is 0. The van der Waals surface area contributed by atoms with Crippen molar-refractivity contribution in [1.29, 1.82) is 0 Å². The van der Waals surface area contributed by atoms with Gasteiger partial charge in [0.1, 0.15) is 13.2 Å². The van der Waals surface area contributed by atoms with Crippen molar-refractivity contribution in [3.63, 3.8) is 0 Å². The second-order valence-electron chi connectivity index (χ2n) is 4.39. The van der Waals surface area contributed by atoms with Crippen molar-refractivity contribution in [2.45, 2.75) is 5.09 Å². The molecule has 0 unspecified atom stereocenters. The van der Waals surface area contributed by atoms with Gasteiger partial charge >= 0.3 is 5.97 Å². The topological polar surface area (TPSA) is 115 Å². The van der Waals surface area contributed by atoms with Crippen molar-refractivity contribution in [2.24, 2.45) is 0 Å². The molecule has 0 spiro atoms. The van der Waals surface area contributed by atoms with E-state index in [9.17, 15) is 13.2 Å². The van der Waals surface area contributed by atoms with Gasteiger partial charge in [-0.1, -0.05) is 0 Å². The Bertz CT molecular complexity index is 825. The van der Waals surface area contributed by atoms with Gasteiger partial charge in [0.15, 0.2) is 11.5 Å². The SMILES string of the molecule is O=C(O)c1ccc(S(=O)(=O)Nc2ccc3c(c2)OCCO3)o1. The third-order valence-electron chi connectivity index (χ3n) is 2.85. The van der Waals surface area contributed by atoms with Crippen LogP contribution in [-0.2, 0) is 10.0 Å². The van der Waals surface area contributed by atoms with E-state index in [2.05, 4.69) is 4.72 Å². The van der Waals surface area contributed by atoms with Crippen LogP contribution in [0.4, 0.5) is 5.69 Å². The van der Waals surface area contributed by atoms with E-state index >= 15 is 0 Å². The lowest BCUT2D eigenvalue weighted by atomic mass is 10.3. The molecule has 1 aliphatic heterocycles. The average Bonchev–Trinajstić information content (AvgIpc) is 2.97. The van der Waals surface area contributed by atoms with Crippen LogP contribution < -0.4 is 14.2 Å². The van der Waals surface area contributed by atoms with Gasteiger partial charge in [-0.15, -0.1) is 0 Å². The Morgan fingerprint density at radius 1 is 1.09 bits per heavy atom. The molecule has 9 heteroatoms. The molecule has 0 bridgehead atoms. The minimum atomic E-state index is -4.03. The molecule has 0 amide bonds. The highest BCUT2D eigenvalue weighted by molar-refractivity contribution is 7.92. The lowest BCUT2D eigenvalue weighted by molar-refractivity contribution is 0.0656. The summed E-state index contributed by atoms with van der Waals surface area (Å²) in [6.45, 7) is 0.811. The van der Waals surface area contributed by atoms with Crippen LogP contribution in [0.3, 0.4) is 0 Å². The third-order valence-corrected chi connectivity index (χ3v) is 4.10. The Morgan fingerprint density at radius 3 is 2.50 bits per heavy atom. The number of benzene rings is 1. The molecule has 0 saturated heterocycles. The molecule has 1 aromatic heterocycles. The first kappa shape index (κ1) is 14.3. The Labute approximate surface area is 125 Å². The van der Waals surface area contributed by atoms with Crippen LogP contribution in [0.15, 0.2) is 39.8 Å². The number of rotatable bonds is 4. The fourth-order valence-electron chi connectivity index (χ4n) is 1.89.